The first kappa shape index (κ1) is 18.0. The zero-order chi connectivity index (χ0) is 17.2. The van der Waals surface area contributed by atoms with E-state index in [0.29, 0.717) is 0 Å². The monoisotopic (exact) mass is 415 g/mol. The van der Waals surface area contributed by atoms with E-state index in [1.54, 1.807) is 0 Å². The van der Waals surface area contributed by atoms with Crippen LogP contribution in [0.3, 0.4) is 0 Å². The van der Waals surface area contributed by atoms with Crippen molar-refractivity contribution in [3.8, 4) is 0 Å². The summed E-state index contributed by atoms with van der Waals surface area (Å²) < 4.78 is 24.1. The summed E-state index contributed by atoms with van der Waals surface area (Å²) in [5.74, 6) is -0.427. The van der Waals surface area contributed by atoms with Crippen LogP contribution < -0.4 is 5.32 Å². The van der Waals surface area contributed by atoms with Gasteiger partial charge in [0, 0.05) is 10.7 Å². The minimum absolute atomic E-state index is 0.0561. The van der Waals surface area contributed by atoms with E-state index in [-0.39, 0.29) is 21.5 Å². The molecule has 1 unspecified atom stereocenters. The Kier molecular flexibility index (Phi) is 5.49. The number of hydrogen-bond donors (Lipinski definition) is 1. The molecular weight excluding hydrogens is 402 g/mol. The molecule has 0 aliphatic heterocycles. The third-order valence-corrected chi connectivity index (χ3v) is 5.49. The Morgan fingerprint density at radius 1 is 1.22 bits per heavy atom. The van der Waals surface area contributed by atoms with Crippen molar-refractivity contribution in [1.82, 2.24) is 5.32 Å². The predicted molar refractivity (Wildman–Crippen MR) is 94.6 cm³/mol. The zero-order valence-electron chi connectivity index (χ0n) is 12.5. The van der Waals surface area contributed by atoms with E-state index in [0.717, 1.165) is 16.3 Å². The van der Waals surface area contributed by atoms with Gasteiger partial charge in [-0.25, -0.2) is 8.42 Å². The van der Waals surface area contributed by atoms with Crippen LogP contribution in [0, 0.1) is 0 Å². The number of amides is 1. The lowest BCUT2D eigenvalue weighted by Crippen LogP contribution is -2.27. The normalized spacial score (nSPS) is 12.7. The van der Waals surface area contributed by atoms with Gasteiger partial charge in [0.1, 0.15) is 0 Å². The molecule has 0 aliphatic rings. The number of carbonyl (C=O) groups is 1. The van der Waals surface area contributed by atoms with Gasteiger partial charge in [0.05, 0.1) is 21.5 Å². The molecule has 2 rings (SSSR count). The molecule has 7 heteroatoms. The van der Waals surface area contributed by atoms with Gasteiger partial charge in [0.2, 0.25) is 0 Å². The van der Waals surface area contributed by atoms with Crippen molar-refractivity contribution in [3.05, 3.63) is 63.1 Å². The summed E-state index contributed by atoms with van der Waals surface area (Å²) in [6.45, 7) is 1.84. The third-order valence-electron chi connectivity index (χ3n) is 3.33. The van der Waals surface area contributed by atoms with E-state index in [1.807, 2.05) is 31.2 Å². The summed E-state index contributed by atoms with van der Waals surface area (Å²) in [4.78, 5) is 12.5. The van der Waals surface area contributed by atoms with Crippen LogP contribution in [0.2, 0.25) is 5.02 Å². The van der Waals surface area contributed by atoms with E-state index in [2.05, 4.69) is 21.2 Å². The van der Waals surface area contributed by atoms with Gasteiger partial charge in [0.15, 0.2) is 9.84 Å². The summed E-state index contributed by atoms with van der Waals surface area (Å²) >= 11 is 9.48. The topological polar surface area (TPSA) is 63.2 Å². The molecule has 0 aliphatic carbocycles. The Balaban J connectivity index is 2.29. The fraction of sp³-hybridized carbons (Fsp3) is 0.188. The van der Waals surface area contributed by atoms with Gasteiger partial charge < -0.3 is 5.32 Å². The van der Waals surface area contributed by atoms with Gasteiger partial charge >= 0.3 is 0 Å². The maximum atomic E-state index is 12.4. The highest BCUT2D eigenvalue weighted by Crippen LogP contribution is 2.25. The average Bonchev–Trinajstić information content (AvgIpc) is 2.46. The first-order chi connectivity index (χ1) is 10.7. The van der Waals surface area contributed by atoms with E-state index in [9.17, 15) is 13.2 Å². The summed E-state index contributed by atoms with van der Waals surface area (Å²) in [5.41, 5.74) is 1.05. The predicted octanol–water partition coefficient (Wildman–Crippen LogP) is 4.00. The van der Waals surface area contributed by atoms with E-state index >= 15 is 0 Å². The van der Waals surface area contributed by atoms with E-state index in [1.165, 1.54) is 18.2 Å². The van der Waals surface area contributed by atoms with Crippen LogP contribution in [-0.4, -0.2) is 20.6 Å². The second-order valence-electron chi connectivity index (χ2n) is 5.13. The minimum atomic E-state index is -3.41. The molecule has 0 heterocycles. The van der Waals surface area contributed by atoms with Crippen LogP contribution in [0.25, 0.3) is 0 Å². The van der Waals surface area contributed by atoms with Crippen molar-refractivity contribution < 1.29 is 13.2 Å². The maximum absolute atomic E-state index is 12.4. The lowest BCUT2D eigenvalue weighted by atomic mass is 10.1. The molecule has 1 atom stereocenters. The fourth-order valence-electron chi connectivity index (χ4n) is 2.09. The average molecular weight is 417 g/mol. The maximum Gasteiger partial charge on any atom is 0.253 e. The van der Waals surface area contributed by atoms with Crippen molar-refractivity contribution in [1.29, 1.82) is 0 Å². The van der Waals surface area contributed by atoms with Gasteiger partial charge in [-0.15, -0.1) is 0 Å². The molecule has 122 valence electrons. The minimum Gasteiger partial charge on any atom is -0.345 e. The quantitative estimate of drug-likeness (QED) is 0.819. The lowest BCUT2D eigenvalue weighted by molar-refractivity contribution is 0.0939. The molecule has 0 spiro atoms. The Bertz CT molecular complexity index is 852. The fourth-order valence-corrected chi connectivity index (χ4v) is 3.57. The number of nitrogens with one attached hydrogen (secondary N) is 1. The standard InChI is InChI=1S/C16H15BrClNO3S/c1-10(12-5-3-4-6-14(12)17)19-16(20)13-9-11(23(2,21)22)7-8-15(13)18/h3-10H,1-2H3,(H,19,20). The van der Waals surface area contributed by atoms with Crippen molar-refractivity contribution in [2.75, 3.05) is 6.26 Å². The Hall–Kier alpha value is -1.37. The molecule has 2 aromatic rings. The molecule has 0 aromatic heterocycles. The van der Waals surface area contributed by atoms with Crippen molar-refractivity contribution in [3.63, 3.8) is 0 Å². The first-order valence-corrected chi connectivity index (χ1v) is 9.81. The van der Waals surface area contributed by atoms with Crippen LogP contribution in [0.15, 0.2) is 51.8 Å². The molecule has 0 saturated heterocycles. The molecular formula is C16H15BrClNO3S. The Morgan fingerprint density at radius 2 is 1.87 bits per heavy atom. The molecule has 0 radical (unpaired) electrons. The second-order valence-corrected chi connectivity index (χ2v) is 8.41. The molecule has 1 N–H and O–H groups in total. The Labute approximate surface area is 148 Å². The summed E-state index contributed by atoms with van der Waals surface area (Å²) in [5, 5.41) is 3.03. The second kappa shape index (κ2) is 7.03. The van der Waals surface area contributed by atoms with E-state index in [4.69, 9.17) is 11.6 Å². The largest absolute Gasteiger partial charge is 0.345 e. The molecule has 0 saturated carbocycles. The van der Waals surface area contributed by atoms with E-state index < -0.39 is 15.7 Å². The van der Waals surface area contributed by atoms with Gasteiger partial charge in [0.25, 0.3) is 5.91 Å². The molecule has 4 nitrogen and oxygen atoms in total. The SMILES string of the molecule is CC(NC(=O)c1cc(S(C)(=O)=O)ccc1Cl)c1ccccc1Br. The van der Waals surface area contributed by atoms with Gasteiger partial charge in [-0.2, -0.15) is 0 Å². The van der Waals surface area contributed by atoms with Gasteiger partial charge in [-0.05, 0) is 36.8 Å². The highest BCUT2D eigenvalue weighted by Gasteiger charge is 2.18. The number of sulfone groups is 1. The van der Waals surface area contributed by atoms with Crippen molar-refractivity contribution >= 4 is 43.3 Å². The lowest BCUT2D eigenvalue weighted by Gasteiger charge is -2.16. The molecule has 1 amide bonds. The van der Waals surface area contributed by atoms with Crippen molar-refractivity contribution in [2.24, 2.45) is 0 Å². The van der Waals surface area contributed by atoms with Crippen LogP contribution in [0.1, 0.15) is 28.9 Å². The van der Waals surface area contributed by atoms with Crippen LogP contribution in [0.5, 0.6) is 0 Å². The third kappa shape index (κ3) is 4.34. The first-order valence-electron chi connectivity index (χ1n) is 6.75. The Morgan fingerprint density at radius 3 is 2.48 bits per heavy atom. The molecule has 0 fully saturated rings. The smallest absolute Gasteiger partial charge is 0.253 e. The highest BCUT2D eigenvalue weighted by molar-refractivity contribution is 9.10. The molecule has 23 heavy (non-hydrogen) atoms. The summed E-state index contributed by atoms with van der Waals surface area (Å²) in [7, 11) is -3.41. The molecule has 2 aromatic carbocycles. The van der Waals surface area contributed by atoms with Crippen molar-refractivity contribution in [2.45, 2.75) is 17.9 Å². The van der Waals surface area contributed by atoms with Crippen LogP contribution >= 0.6 is 27.5 Å². The number of carbonyl (C=O) groups excluding carboxylic acids is 1. The number of rotatable bonds is 4. The summed E-state index contributed by atoms with van der Waals surface area (Å²) in [6, 6.07) is 11.4. The number of benzene rings is 2. The van der Waals surface area contributed by atoms with Gasteiger partial charge in [-0.1, -0.05) is 45.7 Å². The zero-order valence-corrected chi connectivity index (χ0v) is 15.7. The highest BCUT2D eigenvalue weighted by atomic mass is 79.9. The number of hydrogen-bond acceptors (Lipinski definition) is 3. The van der Waals surface area contributed by atoms with Crippen LogP contribution in [0.4, 0.5) is 0 Å². The number of halogens is 2. The van der Waals surface area contributed by atoms with Gasteiger partial charge in [-0.3, -0.25) is 4.79 Å². The van der Waals surface area contributed by atoms with Crippen LogP contribution in [-0.2, 0) is 9.84 Å². The molecule has 0 bridgehead atoms. The summed E-state index contributed by atoms with van der Waals surface area (Å²) in [6.07, 6.45) is 1.08.